The van der Waals surface area contributed by atoms with Crippen molar-refractivity contribution >= 4 is 10.2 Å². The minimum atomic E-state index is -3.38. The summed E-state index contributed by atoms with van der Waals surface area (Å²) in [5, 5.41) is 0. The average molecular weight is 263 g/mol. The molecule has 0 bridgehead atoms. The molecule has 17 heavy (non-hydrogen) atoms. The Kier molecular flexibility index (Phi) is 6.40. The predicted molar refractivity (Wildman–Crippen MR) is 69.8 cm³/mol. The van der Waals surface area contributed by atoms with E-state index in [1.165, 1.54) is 19.3 Å². The van der Waals surface area contributed by atoms with Crippen LogP contribution in [0.25, 0.3) is 0 Å². The number of nitrogens with two attached hydrogens (primary N) is 1. The second kappa shape index (κ2) is 7.31. The van der Waals surface area contributed by atoms with Gasteiger partial charge in [0.15, 0.2) is 0 Å². The minimum Gasteiger partial charge on any atom is -0.329 e. The van der Waals surface area contributed by atoms with Crippen LogP contribution in [0.15, 0.2) is 0 Å². The molecule has 0 aromatic rings. The van der Waals surface area contributed by atoms with Gasteiger partial charge in [0, 0.05) is 19.1 Å². The molecule has 6 heteroatoms. The first-order chi connectivity index (χ1) is 8.09. The first-order valence-electron chi connectivity index (χ1n) is 6.56. The van der Waals surface area contributed by atoms with Crippen LogP contribution in [-0.4, -0.2) is 27.5 Å². The third kappa shape index (κ3) is 5.33. The lowest BCUT2D eigenvalue weighted by atomic mass is 9.84. The molecule has 1 aliphatic carbocycles. The van der Waals surface area contributed by atoms with E-state index < -0.39 is 10.2 Å². The summed E-state index contributed by atoms with van der Waals surface area (Å²) in [6.07, 6.45) is 6.58. The minimum absolute atomic E-state index is 0.121. The van der Waals surface area contributed by atoms with E-state index in [-0.39, 0.29) is 6.04 Å². The van der Waals surface area contributed by atoms with Crippen LogP contribution in [0.1, 0.15) is 45.4 Å². The molecule has 0 spiro atoms. The summed E-state index contributed by atoms with van der Waals surface area (Å²) in [4.78, 5) is 0. The largest absolute Gasteiger partial charge is 0.329 e. The van der Waals surface area contributed by atoms with Crippen LogP contribution in [0.3, 0.4) is 0 Å². The van der Waals surface area contributed by atoms with Crippen LogP contribution in [0.4, 0.5) is 0 Å². The van der Waals surface area contributed by atoms with Crippen LogP contribution in [-0.2, 0) is 10.2 Å². The number of hydrogen-bond donors (Lipinski definition) is 3. The molecular formula is C11H25N3O2S. The van der Waals surface area contributed by atoms with Gasteiger partial charge in [-0.3, -0.25) is 0 Å². The summed E-state index contributed by atoms with van der Waals surface area (Å²) < 4.78 is 28.6. The van der Waals surface area contributed by atoms with Gasteiger partial charge in [0.25, 0.3) is 10.2 Å². The molecule has 1 aliphatic rings. The zero-order valence-electron chi connectivity index (χ0n) is 10.6. The SMILES string of the molecule is CCCNS(=O)(=O)NC(CN)C1CCCCC1. The molecule has 4 N–H and O–H groups in total. The van der Waals surface area contributed by atoms with Gasteiger partial charge in [-0.2, -0.15) is 13.1 Å². The van der Waals surface area contributed by atoms with Crippen LogP contribution in [0.5, 0.6) is 0 Å². The van der Waals surface area contributed by atoms with E-state index in [0.29, 0.717) is 19.0 Å². The van der Waals surface area contributed by atoms with Gasteiger partial charge in [-0.05, 0) is 25.2 Å². The Labute approximate surface area is 105 Å². The normalized spacial score (nSPS) is 20.4. The van der Waals surface area contributed by atoms with E-state index in [1.807, 2.05) is 6.92 Å². The molecule has 0 amide bonds. The number of rotatable bonds is 7. The standard InChI is InChI=1S/C11H25N3O2S/c1-2-8-13-17(15,16)14-11(9-12)10-6-4-3-5-7-10/h10-11,13-14H,2-9,12H2,1H3. The molecule has 1 unspecified atom stereocenters. The molecule has 1 rings (SSSR count). The van der Waals surface area contributed by atoms with Crippen molar-refractivity contribution in [3.63, 3.8) is 0 Å². The lowest BCUT2D eigenvalue weighted by molar-refractivity contribution is 0.293. The second-order valence-electron chi connectivity index (χ2n) is 4.76. The van der Waals surface area contributed by atoms with Gasteiger partial charge in [0.2, 0.25) is 0 Å². The van der Waals surface area contributed by atoms with Crippen molar-refractivity contribution in [1.82, 2.24) is 9.44 Å². The van der Waals surface area contributed by atoms with E-state index in [4.69, 9.17) is 5.73 Å². The third-order valence-corrected chi connectivity index (χ3v) is 4.52. The van der Waals surface area contributed by atoms with Crippen LogP contribution in [0, 0.1) is 5.92 Å². The van der Waals surface area contributed by atoms with Crippen LogP contribution >= 0.6 is 0 Å². The van der Waals surface area contributed by atoms with Gasteiger partial charge in [0.1, 0.15) is 0 Å². The van der Waals surface area contributed by atoms with Gasteiger partial charge in [-0.15, -0.1) is 0 Å². The van der Waals surface area contributed by atoms with Crippen molar-refractivity contribution in [2.75, 3.05) is 13.1 Å². The Morgan fingerprint density at radius 1 is 1.29 bits per heavy atom. The average Bonchev–Trinajstić information content (AvgIpc) is 2.35. The van der Waals surface area contributed by atoms with Gasteiger partial charge in [-0.1, -0.05) is 26.2 Å². The molecular weight excluding hydrogens is 238 g/mol. The van der Waals surface area contributed by atoms with Gasteiger partial charge in [0.05, 0.1) is 0 Å². The van der Waals surface area contributed by atoms with Gasteiger partial charge < -0.3 is 5.73 Å². The third-order valence-electron chi connectivity index (χ3n) is 3.32. The summed E-state index contributed by atoms with van der Waals surface area (Å²) in [6, 6.07) is -0.121. The van der Waals surface area contributed by atoms with Gasteiger partial charge >= 0.3 is 0 Å². The highest BCUT2D eigenvalue weighted by atomic mass is 32.2. The molecule has 0 radical (unpaired) electrons. The smallest absolute Gasteiger partial charge is 0.277 e. The lowest BCUT2D eigenvalue weighted by Gasteiger charge is -2.29. The monoisotopic (exact) mass is 263 g/mol. The molecule has 1 saturated carbocycles. The Morgan fingerprint density at radius 2 is 1.94 bits per heavy atom. The van der Waals surface area contributed by atoms with Crippen molar-refractivity contribution in [3.8, 4) is 0 Å². The van der Waals surface area contributed by atoms with E-state index in [0.717, 1.165) is 19.3 Å². The Balaban J connectivity index is 2.50. The van der Waals surface area contributed by atoms with Crippen LogP contribution in [0.2, 0.25) is 0 Å². The van der Waals surface area contributed by atoms with Crippen molar-refractivity contribution in [1.29, 1.82) is 0 Å². The second-order valence-corrected chi connectivity index (χ2v) is 6.29. The van der Waals surface area contributed by atoms with E-state index >= 15 is 0 Å². The number of nitrogens with one attached hydrogen (secondary N) is 2. The predicted octanol–water partition coefficient (Wildman–Crippen LogP) is 0.728. The van der Waals surface area contributed by atoms with E-state index in [1.54, 1.807) is 0 Å². The molecule has 0 saturated heterocycles. The summed E-state index contributed by atoms with van der Waals surface area (Å²) in [5.41, 5.74) is 5.68. The molecule has 5 nitrogen and oxygen atoms in total. The quantitative estimate of drug-likeness (QED) is 0.633. The van der Waals surface area contributed by atoms with Crippen molar-refractivity contribution in [2.45, 2.75) is 51.5 Å². The van der Waals surface area contributed by atoms with Crippen molar-refractivity contribution < 1.29 is 8.42 Å². The number of hydrogen-bond acceptors (Lipinski definition) is 3. The fourth-order valence-corrected chi connectivity index (χ4v) is 3.59. The molecule has 0 aromatic heterocycles. The maximum atomic E-state index is 11.7. The highest BCUT2D eigenvalue weighted by Crippen LogP contribution is 2.26. The lowest BCUT2D eigenvalue weighted by Crippen LogP contribution is -2.50. The molecule has 0 heterocycles. The van der Waals surface area contributed by atoms with Crippen molar-refractivity contribution in [2.24, 2.45) is 11.7 Å². The van der Waals surface area contributed by atoms with Crippen LogP contribution < -0.4 is 15.2 Å². The molecule has 1 fully saturated rings. The molecule has 0 aliphatic heterocycles. The molecule has 1 atom stereocenters. The van der Waals surface area contributed by atoms with E-state index in [2.05, 4.69) is 9.44 Å². The summed E-state index contributed by atoms with van der Waals surface area (Å²) in [7, 11) is -3.38. The first kappa shape index (κ1) is 14.9. The summed E-state index contributed by atoms with van der Waals surface area (Å²) in [6.45, 7) is 2.78. The first-order valence-corrected chi connectivity index (χ1v) is 8.04. The Bertz CT molecular complexity index is 300. The fourth-order valence-electron chi connectivity index (χ4n) is 2.35. The Hall–Kier alpha value is -0.170. The highest BCUT2D eigenvalue weighted by molar-refractivity contribution is 7.87. The maximum Gasteiger partial charge on any atom is 0.277 e. The summed E-state index contributed by atoms with van der Waals surface area (Å²) >= 11 is 0. The highest BCUT2D eigenvalue weighted by Gasteiger charge is 2.26. The summed E-state index contributed by atoms with van der Waals surface area (Å²) in [5.74, 6) is 0.395. The van der Waals surface area contributed by atoms with Crippen molar-refractivity contribution in [3.05, 3.63) is 0 Å². The zero-order chi connectivity index (χ0) is 12.7. The molecule has 102 valence electrons. The fraction of sp³-hybridized carbons (Fsp3) is 1.00. The van der Waals surface area contributed by atoms with E-state index in [9.17, 15) is 8.42 Å². The van der Waals surface area contributed by atoms with Gasteiger partial charge in [-0.25, -0.2) is 4.72 Å². The topological polar surface area (TPSA) is 84.2 Å². The maximum absolute atomic E-state index is 11.7. The zero-order valence-corrected chi connectivity index (χ0v) is 11.4. The Morgan fingerprint density at radius 3 is 2.47 bits per heavy atom. The molecule has 0 aromatic carbocycles.